The van der Waals surface area contributed by atoms with Crippen molar-refractivity contribution in [3.05, 3.63) is 51.5 Å². The zero-order chi connectivity index (χ0) is 15.6. The maximum absolute atomic E-state index is 13.4. The maximum Gasteiger partial charge on any atom is 0.159 e. The van der Waals surface area contributed by atoms with E-state index in [1.807, 2.05) is 7.05 Å². The van der Waals surface area contributed by atoms with Gasteiger partial charge in [0.1, 0.15) is 0 Å². The van der Waals surface area contributed by atoms with Gasteiger partial charge in [-0.25, -0.2) is 13.8 Å². The lowest BCUT2D eigenvalue weighted by atomic mass is 9.93. The molecule has 0 radical (unpaired) electrons. The van der Waals surface area contributed by atoms with E-state index in [4.69, 9.17) is 0 Å². The number of nitrogens with zero attached hydrogens (tertiary/aromatic N) is 1. The highest BCUT2D eigenvalue weighted by molar-refractivity contribution is 7.09. The van der Waals surface area contributed by atoms with Gasteiger partial charge < -0.3 is 5.32 Å². The highest BCUT2D eigenvalue weighted by Gasteiger charge is 2.19. The topological polar surface area (TPSA) is 24.9 Å². The molecule has 0 aliphatic rings. The Morgan fingerprint density at radius 2 is 1.95 bits per heavy atom. The van der Waals surface area contributed by atoms with Gasteiger partial charge in [-0.3, -0.25) is 0 Å². The van der Waals surface area contributed by atoms with Gasteiger partial charge in [-0.15, -0.1) is 11.3 Å². The molecule has 0 spiro atoms. The molecule has 1 N–H and O–H groups in total. The van der Waals surface area contributed by atoms with Crippen LogP contribution >= 0.6 is 11.3 Å². The van der Waals surface area contributed by atoms with Crippen LogP contribution in [0.2, 0.25) is 0 Å². The van der Waals surface area contributed by atoms with Crippen LogP contribution < -0.4 is 5.32 Å². The van der Waals surface area contributed by atoms with Crippen LogP contribution in [0.3, 0.4) is 0 Å². The fourth-order valence-electron chi connectivity index (χ4n) is 2.04. The third-order valence-corrected chi connectivity index (χ3v) is 4.26. The molecule has 1 heterocycles. The number of hydrogen-bond acceptors (Lipinski definition) is 3. The van der Waals surface area contributed by atoms with Crippen molar-refractivity contribution >= 4 is 11.3 Å². The van der Waals surface area contributed by atoms with E-state index in [1.54, 1.807) is 17.4 Å². The number of nitrogens with one attached hydrogen (secondary N) is 1. The number of halogens is 2. The monoisotopic (exact) mass is 310 g/mol. The number of aromatic nitrogens is 1. The van der Waals surface area contributed by atoms with Crippen LogP contribution in [-0.2, 0) is 11.8 Å². The summed E-state index contributed by atoms with van der Waals surface area (Å²) >= 11 is 1.60. The Kier molecular flexibility index (Phi) is 4.74. The maximum atomic E-state index is 13.4. The van der Waals surface area contributed by atoms with Crippen LogP contribution in [-0.4, -0.2) is 12.0 Å². The van der Waals surface area contributed by atoms with E-state index in [2.05, 4.69) is 36.5 Å². The van der Waals surface area contributed by atoms with Gasteiger partial charge in [0.25, 0.3) is 0 Å². The van der Waals surface area contributed by atoms with E-state index in [0.717, 1.165) is 22.3 Å². The smallest absolute Gasteiger partial charge is 0.159 e. The summed E-state index contributed by atoms with van der Waals surface area (Å²) in [6.07, 6.45) is 0.655. The van der Waals surface area contributed by atoms with Gasteiger partial charge in [0.15, 0.2) is 11.6 Å². The van der Waals surface area contributed by atoms with Crippen LogP contribution in [0, 0.1) is 11.6 Å². The first-order chi connectivity index (χ1) is 9.81. The van der Waals surface area contributed by atoms with Gasteiger partial charge in [-0.05, 0) is 24.7 Å². The highest BCUT2D eigenvalue weighted by atomic mass is 32.1. The summed E-state index contributed by atoms with van der Waals surface area (Å²) in [6, 6.07) is 3.93. The molecule has 114 valence electrons. The highest BCUT2D eigenvalue weighted by Crippen LogP contribution is 2.27. The van der Waals surface area contributed by atoms with Crippen LogP contribution in [0.4, 0.5) is 8.78 Å². The molecule has 1 atom stereocenters. The second-order valence-corrected chi connectivity index (χ2v) is 7.04. The quantitative estimate of drug-likeness (QED) is 0.914. The zero-order valence-electron chi connectivity index (χ0n) is 12.7. The molecule has 2 rings (SSSR count). The lowest BCUT2D eigenvalue weighted by Gasteiger charge is -2.16. The Hall–Kier alpha value is -1.33. The zero-order valence-corrected chi connectivity index (χ0v) is 13.5. The minimum absolute atomic E-state index is 0.0197. The molecule has 1 unspecified atom stereocenters. The third-order valence-electron chi connectivity index (χ3n) is 3.39. The van der Waals surface area contributed by atoms with E-state index < -0.39 is 11.6 Å². The van der Waals surface area contributed by atoms with Crippen molar-refractivity contribution in [2.24, 2.45) is 0 Å². The molecule has 0 bridgehead atoms. The Balaban J connectivity index is 2.19. The lowest BCUT2D eigenvalue weighted by molar-refractivity contribution is 0.500. The summed E-state index contributed by atoms with van der Waals surface area (Å²) in [6.45, 7) is 6.37. The number of benzene rings is 1. The third kappa shape index (κ3) is 3.86. The Labute approximate surface area is 128 Å². The molecule has 0 saturated carbocycles. The fraction of sp³-hybridized carbons (Fsp3) is 0.438. The first-order valence-electron chi connectivity index (χ1n) is 6.88. The van der Waals surface area contributed by atoms with Gasteiger partial charge in [-0.1, -0.05) is 26.8 Å². The van der Waals surface area contributed by atoms with E-state index in [1.165, 1.54) is 6.07 Å². The minimum Gasteiger partial charge on any atom is -0.313 e. The largest absolute Gasteiger partial charge is 0.313 e. The average Bonchev–Trinajstić information content (AvgIpc) is 2.88. The summed E-state index contributed by atoms with van der Waals surface area (Å²) in [4.78, 5) is 4.65. The normalized spacial score (nSPS) is 13.4. The van der Waals surface area contributed by atoms with Crippen molar-refractivity contribution in [2.75, 3.05) is 7.05 Å². The standard InChI is InChI=1S/C16H20F2N2S/c1-16(2,3)14-9-21-15(20-14)8-13(19-4)10-5-6-11(17)12(18)7-10/h5-7,9,13,19H,8H2,1-4H3. The molecule has 1 aromatic heterocycles. The molecule has 0 amide bonds. The second-order valence-electron chi connectivity index (χ2n) is 6.10. The Bertz CT molecular complexity index is 617. The van der Waals surface area contributed by atoms with Crippen molar-refractivity contribution in [3.63, 3.8) is 0 Å². The predicted octanol–water partition coefficient (Wildman–Crippen LogP) is 4.22. The number of rotatable bonds is 4. The Morgan fingerprint density at radius 1 is 1.24 bits per heavy atom. The fourth-order valence-corrected chi connectivity index (χ4v) is 3.11. The summed E-state index contributed by atoms with van der Waals surface area (Å²) in [5.41, 5.74) is 1.80. The molecular formula is C16H20F2N2S. The number of likely N-dealkylation sites (N-methyl/N-ethyl adjacent to an activating group) is 1. The van der Waals surface area contributed by atoms with Crippen LogP contribution in [0.5, 0.6) is 0 Å². The average molecular weight is 310 g/mol. The molecule has 1 aromatic carbocycles. The second kappa shape index (κ2) is 6.20. The molecule has 0 aliphatic carbocycles. The van der Waals surface area contributed by atoms with Crippen molar-refractivity contribution in [1.82, 2.24) is 10.3 Å². The van der Waals surface area contributed by atoms with Crippen molar-refractivity contribution in [1.29, 1.82) is 0 Å². The van der Waals surface area contributed by atoms with Crippen LogP contribution in [0.15, 0.2) is 23.6 Å². The molecule has 2 nitrogen and oxygen atoms in total. The first-order valence-corrected chi connectivity index (χ1v) is 7.76. The Morgan fingerprint density at radius 3 is 2.48 bits per heavy atom. The predicted molar refractivity (Wildman–Crippen MR) is 82.7 cm³/mol. The van der Waals surface area contributed by atoms with E-state index >= 15 is 0 Å². The van der Waals surface area contributed by atoms with Crippen molar-refractivity contribution < 1.29 is 8.78 Å². The van der Waals surface area contributed by atoms with Gasteiger partial charge in [0.2, 0.25) is 0 Å². The molecular weight excluding hydrogens is 290 g/mol. The molecule has 5 heteroatoms. The van der Waals surface area contributed by atoms with Gasteiger partial charge in [0, 0.05) is 23.3 Å². The summed E-state index contributed by atoms with van der Waals surface area (Å²) in [5.74, 6) is -1.64. The van der Waals surface area contributed by atoms with Crippen molar-refractivity contribution in [2.45, 2.75) is 38.6 Å². The summed E-state index contributed by atoms with van der Waals surface area (Å²) < 4.78 is 26.4. The van der Waals surface area contributed by atoms with Gasteiger partial charge >= 0.3 is 0 Å². The summed E-state index contributed by atoms with van der Waals surface area (Å²) in [5, 5.41) is 6.19. The molecule has 2 aromatic rings. The van der Waals surface area contributed by atoms with E-state index in [-0.39, 0.29) is 11.5 Å². The molecule has 0 saturated heterocycles. The number of hydrogen-bond donors (Lipinski definition) is 1. The minimum atomic E-state index is -0.821. The van der Waals surface area contributed by atoms with Crippen molar-refractivity contribution in [3.8, 4) is 0 Å². The van der Waals surface area contributed by atoms with Crippen LogP contribution in [0.25, 0.3) is 0 Å². The van der Waals surface area contributed by atoms with Gasteiger partial charge in [-0.2, -0.15) is 0 Å². The van der Waals surface area contributed by atoms with Crippen LogP contribution in [0.1, 0.15) is 43.1 Å². The summed E-state index contributed by atoms with van der Waals surface area (Å²) in [7, 11) is 1.81. The number of thiazole rings is 1. The SMILES string of the molecule is CNC(Cc1nc(C(C)(C)C)cs1)c1ccc(F)c(F)c1. The van der Waals surface area contributed by atoms with E-state index in [9.17, 15) is 8.78 Å². The lowest BCUT2D eigenvalue weighted by Crippen LogP contribution is -2.19. The molecule has 0 fully saturated rings. The first kappa shape index (κ1) is 16.0. The molecule has 0 aliphatic heterocycles. The molecule has 21 heavy (non-hydrogen) atoms. The van der Waals surface area contributed by atoms with Gasteiger partial charge in [0.05, 0.1) is 10.7 Å². The van der Waals surface area contributed by atoms with E-state index in [0.29, 0.717) is 6.42 Å².